The molecule has 25 heavy (non-hydrogen) atoms. The van der Waals surface area contributed by atoms with Gasteiger partial charge in [0.2, 0.25) is 0 Å². The lowest BCUT2D eigenvalue weighted by Crippen LogP contribution is -1.97. The zero-order valence-corrected chi connectivity index (χ0v) is 15.1. The number of phenolic OH excluding ortho intramolecular Hbond substituents is 1. The summed E-state index contributed by atoms with van der Waals surface area (Å²) in [6.07, 6.45) is 6.71. The van der Waals surface area contributed by atoms with E-state index in [0.29, 0.717) is 11.5 Å². The zero-order chi connectivity index (χ0) is 18.3. The summed E-state index contributed by atoms with van der Waals surface area (Å²) in [5, 5.41) is 10.1. The molecule has 0 bridgehead atoms. The smallest absolute Gasteiger partial charge is 0.294 e. The average molecular weight is 364 g/mol. The van der Waals surface area contributed by atoms with Crippen LogP contribution in [0.4, 0.5) is 0 Å². The predicted octanol–water partition coefficient (Wildman–Crippen LogP) is 4.94. The molecule has 2 rings (SSSR count). The van der Waals surface area contributed by atoms with Gasteiger partial charge in [0.15, 0.2) is 0 Å². The van der Waals surface area contributed by atoms with Crippen LogP contribution in [0, 0.1) is 0 Å². The Morgan fingerprint density at radius 3 is 2.16 bits per heavy atom. The third-order valence-corrected chi connectivity index (χ3v) is 4.83. The number of rotatable bonds is 9. The minimum Gasteiger partial charge on any atom is -0.508 e. The second kappa shape index (κ2) is 8.87. The van der Waals surface area contributed by atoms with E-state index < -0.39 is 10.1 Å². The highest BCUT2D eigenvalue weighted by Crippen LogP contribution is 2.29. The van der Waals surface area contributed by atoms with Crippen LogP contribution in [-0.2, 0) is 16.5 Å². The second-order valence-electron chi connectivity index (χ2n) is 6.00. The molecule has 2 aromatic carbocycles. The highest BCUT2D eigenvalue weighted by molar-refractivity contribution is 7.85. The molecule has 0 heterocycles. The highest BCUT2D eigenvalue weighted by Gasteiger charge is 2.09. The Balaban J connectivity index is 1.96. The van der Waals surface area contributed by atoms with Gasteiger partial charge in [0.05, 0.1) is 4.90 Å². The normalized spacial score (nSPS) is 11.4. The summed E-state index contributed by atoms with van der Waals surface area (Å²) >= 11 is 0. The van der Waals surface area contributed by atoms with Crippen LogP contribution in [0.2, 0.25) is 0 Å². The molecule has 2 aromatic rings. The van der Waals surface area contributed by atoms with Gasteiger partial charge in [-0.05, 0) is 48.7 Å². The van der Waals surface area contributed by atoms with E-state index in [4.69, 9.17) is 9.29 Å². The minimum absolute atomic E-state index is 0.193. The Morgan fingerprint density at radius 1 is 0.920 bits per heavy atom. The van der Waals surface area contributed by atoms with Crippen LogP contribution in [-0.4, -0.2) is 18.1 Å². The number of unbranched alkanes of at least 4 members (excludes halogenated alkanes) is 4. The molecule has 0 spiro atoms. The van der Waals surface area contributed by atoms with E-state index in [2.05, 4.69) is 6.92 Å². The SMILES string of the molecule is CCCCCCCc1ccc(Oc2ccc(S(=O)(=O)O)cc2)cc1O. The molecule has 136 valence electrons. The quantitative estimate of drug-likeness (QED) is 0.486. The topological polar surface area (TPSA) is 83.8 Å². The van der Waals surface area contributed by atoms with Crippen LogP contribution in [0.1, 0.15) is 44.6 Å². The van der Waals surface area contributed by atoms with Crippen LogP contribution < -0.4 is 4.74 Å². The predicted molar refractivity (Wildman–Crippen MR) is 96.9 cm³/mol. The highest BCUT2D eigenvalue weighted by atomic mass is 32.2. The molecule has 0 saturated carbocycles. The number of benzene rings is 2. The first-order valence-corrected chi connectivity index (χ1v) is 9.91. The van der Waals surface area contributed by atoms with Gasteiger partial charge in [0.1, 0.15) is 17.2 Å². The number of aromatic hydroxyl groups is 1. The van der Waals surface area contributed by atoms with Crippen molar-refractivity contribution in [1.82, 2.24) is 0 Å². The van der Waals surface area contributed by atoms with E-state index in [-0.39, 0.29) is 10.6 Å². The minimum atomic E-state index is -4.22. The van der Waals surface area contributed by atoms with Gasteiger partial charge in [-0.15, -0.1) is 0 Å². The number of ether oxygens (including phenoxy) is 1. The summed E-state index contributed by atoms with van der Waals surface area (Å²) in [6.45, 7) is 2.18. The fraction of sp³-hybridized carbons (Fsp3) is 0.368. The van der Waals surface area contributed by atoms with Crippen LogP contribution in [0.15, 0.2) is 47.4 Å². The maximum absolute atomic E-state index is 11.0. The molecule has 5 nitrogen and oxygen atoms in total. The van der Waals surface area contributed by atoms with Crippen molar-refractivity contribution in [3.63, 3.8) is 0 Å². The van der Waals surface area contributed by atoms with Crippen LogP contribution >= 0.6 is 0 Å². The maximum atomic E-state index is 11.0. The Morgan fingerprint density at radius 2 is 1.56 bits per heavy atom. The van der Waals surface area contributed by atoms with E-state index in [1.54, 1.807) is 12.1 Å². The first-order valence-electron chi connectivity index (χ1n) is 8.47. The van der Waals surface area contributed by atoms with Crippen molar-refractivity contribution < 1.29 is 22.8 Å². The third-order valence-electron chi connectivity index (χ3n) is 3.96. The summed E-state index contributed by atoms with van der Waals surface area (Å²) in [5.41, 5.74) is 0.894. The molecule has 6 heteroatoms. The van der Waals surface area contributed by atoms with Gasteiger partial charge in [-0.2, -0.15) is 8.42 Å². The summed E-state index contributed by atoms with van der Waals surface area (Å²) in [7, 11) is -4.22. The van der Waals surface area contributed by atoms with Gasteiger partial charge in [-0.3, -0.25) is 4.55 Å². The molecule has 0 unspecified atom stereocenters. The Hall–Kier alpha value is -2.05. The monoisotopic (exact) mass is 364 g/mol. The summed E-state index contributed by atoms with van der Waals surface area (Å²) < 4.78 is 36.6. The lowest BCUT2D eigenvalue weighted by Gasteiger charge is -2.09. The third kappa shape index (κ3) is 6.07. The van der Waals surface area contributed by atoms with Crippen molar-refractivity contribution >= 4 is 10.1 Å². The molecule has 0 aromatic heterocycles. The van der Waals surface area contributed by atoms with Crippen molar-refractivity contribution in [3.05, 3.63) is 48.0 Å². The second-order valence-corrected chi connectivity index (χ2v) is 7.42. The molecular formula is C19H24O5S. The standard InChI is InChI=1S/C19H24O5S/c1-2-3-4-5-6-7-15-8-9-17(14-19(15)20)24-16-10-12-18(13-11-16)25(21,22)23/h8-14,20H,2-7H2,1H3,(H,21,22,23). The first kappa shape index (κ1) is 19.3. The number of hydrogen-bond acceptors (Lipinski definition) is 4. The molecule has 0 aliphatic rings. The molecule has 0 aliphatic heterocycles. The largest absolute Gasteiger partial charge is 0.508 e. The van der Waals surface area contributed by atoms with Gasteiger partial charge in [0, 0.05) is 6.07 Å². The molecular weight excluding hydrogens is 340 g/mol. The number of hydrogen-bond donors (Lipinski definition) is 2. The van der Waals surface area contributed by atoms with E-state index in [9.17, 15) is 13.5 Å². The Labute approximate surface area is 149 Å². The molecule has 0 fully saturated rings. The lowest BCUT2D eigenvalue weighted by atomic mass is 10.0. The first-order chi connectivity index (χ1) is 11.9. The van der Waals surface area contributed by atoms with Gasteiger partial charge < -0.3 is 9.84 Å². The van der Waals surface area contributed by atoms with Gasteiger partial charge in [-0.25, -0.2) is 0 Å². The van der Waals surface area contributed by atoms with Crippen molar-refractivity contribution in [2.75, 3.05) is 0 Å². The van der Waals surface area contributed by atoms with Crippen LogP contribution in [0.3, 0.4) is 0 Å². The van der Waals surface area contributed by atoms with Crippen LogP contribution in [0.5, 0.6) is 17.2 Å². The zero-order valence-electron chi connectivity index (χ0n) is 14.3. The Bertz CT molecular complexity index is 782. The van der Waals surface area contributed by atoms with Gasteiger partial charge in [0.25, 0.3) is 10.1 Å². The Kier molecular flexibility index (Phi) is 6.84. The van der Waals surface area contributed by atoms with Crippen LogP contribution in [0.25, 0.3) is 0 Å². The maximum Gasteiger partial charge on any atom is 0.294 e. The summed E-state index contributed by atoms with van der Waals surface area (Å²) in [5.74, 6) is 1.08. The molecule has 0 saturated heterocycles. The van der Waals surface area contributed by atoms with Crippen molar-refractivity contribution in [1.29, 1.82) is 0 Å². The summed E-state index contributed by atoms with van der Waals surface area (Å²) in [6, 6.07) is 10.6. The lowest BCUT2D eigenvalue weighted by molar-refractivity contribution is 0.448. The van der Waals surface area contributed by atoms with E-state index >= 15 is 0 Å². The molecule has 2 N–H and O–H groups in total. The molecule has 0 amide bonds. The van der Waals surface area contributed by atoms with Gasteiger partial charge >= 0.3 is 0 Å². The molecule has 0 radical (unpaired) electrons. The van der Waals surface area contributed by atoms with Crippen molar-refractivity contribution in [3.8, 4) is 17.2 Å². The molecule has 0 atom stereocenters. The number of phenols is 1. The number of aryl methyl sites for hydroxylation is 1. The van der Waals surface area contributed by atoms with Crippen molar-refractivity contribution in [2.24, 2.45) is 0 Å². The molecule has 0 aliphatic carbocycles. The van der Waals surface area contributed by atoms with Crippen molar-refractivity contribution in [2.45, 2.75) is 50.3 Å². The summed E-state index contributed by atoms with van der Waals surface area (Å²) in [4.78, 5) is -0.193. The van der Waals surface area contributed by atoms with Gasteiger partial charge in [-0.1, -0.05) is 38.7 Å². The average Bonchev–Trinajstić information content (AvgIpc) is 2.56. The van der Waals surface area contributed by atoms with E-state index in [0.717, 1.165) is 24.8 Å². The fourth-order valence-corrected chi connectivity index (χ4v) is 3.03. The van der Waals surface area contributed by atoms with E-state index in [1.807, 2.05) is 6.07 Å². The fourth-order valence-electron chi connectivity index (χ4n) is 2.55. The van der Waals surface area contributed by atoms with E-state index in [1.165, 1.54) is 43.5 Å².